The quantitative estimate of drug-likeness (QED) is 0.290. The van der Waals surface area contributed by atoms with Crippen molar-refractivity contribution in [2.75, 3.05) is 11.3 Å². The Kier molecular flexibility index (Phi) is 6.92. The van der Waals surface area contributed by atoms with Crippen molar-refractivity contribution in [3.05, 3.63) is 80.7 Å². The summed E-state index contributed by atoms with van der Waals surface area (Å²) in [5, 5.41) is 14.8. The molecular weight excluding hydrogens is 450 g/mol. The van der Waals surface area contributed by atoms with Crippen LogP contribution in [0.15, 0.2) is 51.9 Å². The van der Waals surface area contributed by atoms with Crippen molar-refractivity contribution in [1.29, 1.82) is 0 Å². The maximum absolute atomic E-state index is 13.0. The van der Waals surface area contributed by atoms with E-state index >= 15 is 0 Å². The van der Waals surface area contributed by atoms with Crippen molar-refractivity contribution in [2.45, 2.75) is 25.7 Å². The molecule has 2 aromatic carbocycles. The van der Waals surface area contributed by atoms with Gasteiger partial charge in [0.05, 0.1) is 22.0 Å². The Bertz CT molecular complexity index is 1330. The third-order valence-electron chi connectivity index (χ3n) is 4.62. The summed E-state index contributed by atoms with van der Waals surface area (Å²) >= 11 is 0. The first-order valence-corrected chi connectivity index (χ1v) is 11.3. The number of nitrogens with one attached hydrogen (secondary N) is 1. The summed E-state index contributed by atoms with van der Waals surface area (Å²) in [5.74, 6) is -0.535. The molecule has 0 saturated carbocycles. The molecule has 0 aliphatic carbocycles. The number of hydrogen-bond donors (Lipinski definition) is 1. The van der Waals surface area contributed by atoms with Crippen LogP contribution in [0, 0.1) is 24.0 Å². The van der Waals surface area contributed by atoms with Crippen LogP contribution in [0.4, 0.5) is 11.4 Å². The number of benzene rings is 2. The maximum atomic E-state index is 13.0. The Morgan fingerprint density at radius 1 is 1.18 bits per heavy atom. The molecule has 172 valence electrons. The molecule has 0 saturated heterocycles. The van der Waals surface area contributed by atoms with E-state index in [1.165, 1.54) is 49.4 Å². The van der Waals surface area contributed by atoms with E-state index in [0.717, 1.165) is 0 Å². The van der Waals surface area contributed by atoms with Gasteiger partial charge in [0, 0.05) is 5.69 Å². The van der Waals surface area contributed by atoms with Gasteiger partial charge in [0.15, 0.2) is 5.69 Å². The minimum atomic E-state index is -3.95. The highest BCUT2D eigenvalue weighted by molar-refractivity contribution is 7.92. The molecule has 0 aliphatic rings. The van der Waals surface area contributed by atoms with E-state index in [-0.39, 0.29) is 34.3 Å². The Morgan fingerprint density at radius 3 is 2.52 bits per heavy atom. The van der Waals surface area contributed by atoms with E-state index in [1.54, 1.807) is 26.0 Å². The number of carbonyl (C=O) groups is 1. The molecule has 1 aromatic heterocycles. The van der Waals surface area contributed by atoms with Crippen LogP contribution in [0.2, 0.25) is 0 Å². The second kappa shape index (κ2) is 9.65. The summed E-state index contributed by atoms with van der Waals surface area (Å²) in [6, 6.07) is 10.6. The maximum Gasteiger partial charge on any atom is 0.338 e. The summed E-state index contributed by atoms with van der Waals surface area (Å²) in [6.45, 7) is 5.04. The molecule has 0 fully saturated rings. The molecule has 3 aromatic rings. The van der Waals surface area contributed by atoms with Crippen molar-refractivity contribution in [2.24, 2.45) is 0 Å². The molecule has 1 heterocycles. The molecule has 0 bridgehead atoms. The summed E-state index contributed by atoms with van der Waals surface area (Å²) < 4.78 is 38.3. The van der Waals surface area contributed by atoms with E-state index in [0.29, 0.717) is 16.7 Å². The van der Waals surface area contributed by atoms with Gasteiger partial charge in [-0.15, -0.1) is 0 Å². The topological polar surface area (TPSA) is 142 Å². The monoisotopic (exact) mass is 471 g/mol. The number of rotatable bonds is 8. The number of aromatic nitrogens is 1. The lowest BCUT2D eigenvalue weighted by atomic mass is 10.1. The van der Waals surface area contributed by atoms with Crippen molar-refractivity contribution >= 4 is 39.5 Å². The number of nitro groups is 1. The first-order chi connectivity index (χ1) is 15.6. The molecule has 11 heteroatoms. The Balaban J connectivity index is 1.85. The number of anilines is 1. The predicted molar refractivity (Wildman–Crippen MR) is 121 cm³/mol. The third kappa shape index (κ3) is 5.44. The molecule has 0 radical (unpaired) electrons. The molecule has 0 spiro atoms. The number of aryl methyl sites for hydroxylation is 2. The third-order valence-corrected chi connectivity index (χ3v) is 6.14. The van der Waals surface area contributed by atoms with Crippen LogP contribution in [0.3, 0.4) is 0 Å². The van der Waals surface area contributed by atoms with Crippen LogP contribution < -0.4 is 4.72 Å². The van der Waals surface area contributed by atoms with Gasteiger partial charge in [-0.05, 0) is 68.3 Å². The normalized spacial score (nSPS) is 11.5. The molecule has 3 rings (SSSR count). The number of sulfonamides is 1. The van der Waals surface area contributed by atoms with Gasteiger partial charge in [0.1, 0.15) is 0 Å². The lowest BCUT2D eigenvalue weighted by Crippen LogP contribution is -2.14. The number of hydrogen-bond acceptors (Lipinski definition) is 8. The summed E-state index contributed by atoms with van der Waals surface area (Å²) in [6.07, 6.45) is 2.86. The van der Waals surface area contributed by atoms with E-state index in [1.807, 2.05) is 0 Å². The molecular formula is C22H21N3O7S. The number of esters is 1. The standard InChI is InChI=1S/C22H21N3O7S/c1-4-31-22(26)17-8-10-18(11-9-17)24-33(29,30)20-13-16(6-5-14(20)2)7-12-19-21(25(27)28)15(3)23-32-19/h5-13,24H,4H2,1-3H3. The van der Waals surface area contributed by atoms with E-state index < -0.39 is 20.9 Å². The van der Waals surface area contributed by atoms with Crippen molar-refractivity contribution in [1.82, 2.24) is 5.16 Å². The van der Waals surface area contributed by atoms with Gasteiger partial charge in [-0.2, -0.15) is 0 Å². The van der Waals surface area contributed by atoms with Gasteiger partial charge in [-0.1, -0.05) is 23.4 Å². The zero-order valence-corrected chi connectivity index (χ0v) is 18.9. The molecule has 1 N–H and O–H groups in total. The highest BCUT2D eigenvalue weighted by atomic mass is 32.2. The van der Waals surface area contributed by atoms with Crippen LogP contribution in [0.25, 0.3) is 12.2 Å². The minimum absolute atomic E-state index is 0.0300. The number of carbonyl (C=O) groups excluding carboxylic acids is 1. The summed E-state index contributed by atoms with van der Waals surface area (Å²) in [4.78, 5) is 22.4. The van der Waals surface area contributed by atoms with Crippen LogP contribution in [-0.4, -0.2) is 31.1 Å². The van der Waals surface area contributed by atoms with Gasteiger partial charge in [-0.3, -0.25) is 14.8 Å². The smallest absolute Gasteiger partial charge is 0.338 e. The molecule has 0 unspecified atom stereocenters. The summed E-state index contributed by atoms with van der Waals surface area (Å²) in [7, 11) is -3.95. The second-order valence-corrected chi connectivity index (χ2v) is 8.65. The average Bonchev–Trinajstić information content (AvgIpc) is 3.14. The van der Waals surface area contributed by atoms with Crippen LogP contribution in [0.5, 0.6) is 0 Å². The zero-order valence-electron chi connectivity index (χ0n) is 18.1. The fourth-order valence-corrected chi connectivity index (χ4v) is 4.33. The molecule has 0 atom stereocenters. The fourth-order valence-electron chi connectivity index (χ4n) is 2.99. The van der Waals surface area contributed by atoms with Crippen LogP contribution in [0.1, 0.15) is 39.9 Å². The Morgan fingerprint density at radius 2 is 1.88 bits per heavy atom. The lowest BCUT2D eigenvalue weighted by Gasteiger charge is -2.11. The first kappa shape index (κ1) is 23.7. The van der Waals surface area contributed by atoms with Crippen molar-refractivity contribution < 1.29 is 27.4 Å². The van der Waals surface area contributed by atoms with Gasteiger partial charge in [-0.25, -0.2) is 13.2 Å². The van der Waals surface area contributed by atoms with Crippen molar-refractivity contribution in [3.8, 4) is 0 Å². The van der Waals surface area contributed by atoms with Gasteiger partial charge < -0.3 is 9.26 Å². The van der Waals surface area contributed by atoms with Gasteiger partial charge in [0.2, 0.25) is 5.76 Å². The van der Waals surface area contributed by atoms with E-state index in [2.05, 4.69) is 9.88 Å². The van der Waals surface area contributed by atoms with Crippen molar-refractivity contribution in [3.63, 3.8) is 0 Å². The fraction of sp³-hybridized carbons (Fsp3) is 0.182. The highest BCUT2D eigenvalue weighted by Crippen LogP contribution is 2.26. The zero-order chi connectivity index (χ0) is 24.2. The largest absolute Gasteiger partial charge is 0.462 e. The van der Waals surface area contributed by atoms with Gasteiger partial charge >= 0.3 is 11.7 Å². The molecule has 0 aliphatic heterocycles. The van der Waals surface area contributed by atoms with Crippen LogP contribution in [-0.2, 0) is 14.8 Å². The number of nitrogens with zero attached hydrogens (tertiary/aromatic N) is 2. The highest BCUT2D eigenvalue weighted by Gasteiger charge is 2.22. The average molecular weight is 471 g/mol. The van der Waals surface area contributed by atoms with E-state index in [9.17, 15) is 23.3 Å². The Hall–Kier alpha value is -3.99. The predicted octanol–water partition coefficient (Wildman–Crippen LogP) is 4.35. The number of ether oxygens (including phenoxy) is 1. The summed E-state index contributed by atoms with van der Waals surface area (Å²) in [5.41, 5.74) is 1.46. The Labute approximate surface area is 190 Å². The molecule has 33 heavy (non-hydrogen) atoms. The molecule has 10 nitrogen and oxygen atoms in total. The first-order valence-electron chi connectivity index (χ1n) is 9.81. The van der Waals surface area contributed by atoms with Crippen LogP contribution >= 0.6 is 0 Å². The molecule has 0 amide bonds. The second-order valence-electron chi connectivity index (χ2n) is 7.00. The SMILES string of the molecule is CCOC(=O)c1ccc(NS(=O)(=O)c2cc(C=Cc3onc(C)c3[N+](=O)[O-])ccc2C)cc1. The minimum Gasteiger partial charge on any atom is -0.462 e. The van der Waals surface area contributed by atoms with Gasteiger partial charge in [0.25, 0.3) is 10.0 Å². The van der Waals surface area contributed by atoms with E-state index in [4.69, 9.17) is 9.26 Å². The lowest BCUT2D eigenvalue weighted by molar-refractivity contribution is -0.386.